The van der Waals surface area contributed by atoms with Crippen LogP contribution in [0.5, 0.6) is 0 Å². The number of aromatic nitrogens is 2. The third-order valence-electron chi connectivity index (χ3n) is 5.09. The van der Waals surface area contributed by atoms with E-state index in [2.05, 4.69) is 5.10 Å². The lowest BCUT2D eigenvalue weighted by molar-refractivity contribution is -0.132. The average molecular weight is 394 g/mol. The molecule has 4 rings (SSSR count). The molecule has 1 unspecified atom stereocenters. The number of nitrogens with zero attached hydrogens (tertiary/aromatic N) is 3. The number of rotatable bonds is 5. The van der Waals surface area contributed by atoms with Crippen LogP contribution in [0.15, 0.2) is 54.7 Å². The number of carbonyl (C=O) groups excluding carboxylic acids is 2. The molecule has 29 heavy (non-hydrogen) atoms. The Morgan fingerprint density at radius 1 is 1.10 bits per heavy atom. The third kappa shape index (κ3) is 3.98. The van der Waals surface area contributed by atoms with E-state index in [9.17, 15) is 14.8 Å². The average Bonchev–Trinajstić information content (AvgIpc) is 3.22. The number of fused-ring (bicyclic) bond motifs is 1. The summed E-state index contributed by atoms with van der Waals surface area (Å²) >= 11 is 0. The molecule has 0 aliphatic carbocycles. The summed E-state index contributed by atoms with van der Waals surface area (Å²) in [5.41, 5.74) is 3.69. The molecule has 8 heteroatoms. The Kier molecular flexibility index (Phi) is 5.55. The molecule has 1 aliphatic heterocycles. The Morgan fingerprint density at radius 2 is 1.86 bits per heavy atom. The minimum Gasteiger partial charge on any atom is -0.378 e. The molecule has 2 heterocycles. The fraction of sp³-hybridized carbons (Fsp3) is 0.286. The Balaban J connectivity index is 1.69. The summed E-state index contributed by atoms with van der Waals surface area (Å²) in [4.78, 5) is 27.1. The van der Waals surface area contributed by atoms with E-state index in [-0.39, 0.29) is 5.91 Å². The van der Waals surface area contributed by atoms with Gasteiger partial charge in [-0.05, 0) is 11.6 Å². The fourth-order valence-corrected chi connectivity index (χ4v) is 3.55. The molecule has 0 bridgehead atoms. The van der Waals surface area contributed by atoms with Crippen molar-refractivity contribution in [2.24, 2.45) is 0 Å². The second-order valence-corrected chi connectivity index (χ2v) is 6.94. The van der Waals surface area contributed by atoms with Crippen molar-refractivity contribution in [2.75, 3.05) is 26.3 Å². The van der Waals surface area contributed by atoms with Crippen LogP contribution in [0.3, 0.4) is 0 Å². The van der Waals surface area contributed by atoms with Crippen LogP contribution >= 0.6 is 0 Å². The number of hydroxylamine groups is 1. The molecule has 1 aliphatic rings. The van der Waals surface area contributed by atoms with Crippen LogP contribution in [0.4, 0.5) is 0 Å². The molecule has 1 saturated heterocycles. The number of nitrogens with one attached hydrogen (secondary N) is 1. The van der Waals surface area contributed by atoms with Gasteiger partial charge >= 0.3 is 0 Å². The molecule has 1 atom stereocenters. The molecular weight excluding hydrogens is 372 g/mol. The summed E-state index contributed by atoms with van der Waals surface area (Å²) in [7, 11) is 0. The predicted octanol–water partition coefficient (Wildman–Crippen LogP) is 1.80. The standard InChI is InChI=1S/C21H22N4O4/c26-20(23-28)18(13-15-5-2-1-3-6-15)25-14-16-7-4-8-17(19(16)22-25)21(27)24-9-11-29-12-10-24/h1-8,14,18,28H,9-13H2,(H,23,26). The first-order valence-corrected chi connectivity index (χ1v) is 9.50. The zero-order valence-electron chi connectivity index (χ0n) is 15.8. The van der Waals surface area contributed by atoms with Gasteiger partial charge in [-0.2, -0.15) is 5.10 Å². The van der Waals surface area contributed by atoms with E-state index >= 15 is 0 Å². The normalized spacial score (nSPS) is 15.3. The number of benzene rings is 2. The number of carbonyl (C=O) groups is 2. The lowest BCUT2D eigenvalue weighted by atomic mass is 10.1. The summed E-state index contributed by atoms with van der Waals surface area (Å²) in [5, 5.41) is 14.5. The fourth-order valence-electron chi connectivity index (χ4n) is 3.55. The van der Waals surface area contributed by atoms with Crippen molar-refractivity contribution in [3.8, 4) is 0 Å². The van der Waals surface area contributed by atoms with Crippen molar-refractivity contribution in [1.82, 2.24) is 20.2 Å². The van der Waals surface area contributed by atoms with E-state index in [0.29, 0.717) is 43.8 Å². The Hall–Kier alpha value is -3.23. The summed E-state index contributed by atoms with van der Waals surface area (Å²) in [6, 6.07) is 14.2. The molecule has 3 aromatic rings. The number of ether oxygens (including phenoxy) is 1. The van der Waals surface area contributed by atoms with Crippen LogP contribution in [0.2, 0.25) is 0 Å². The summed E-state index contributed by atoms with van der Waals surface area (Å²) in [6.07, 6.45) is 2.09. The van der Waals surface area contributed by atoms with Gasteiger partial charge in [0.05, 0.1) is 18.8 Å². The topological polar surface area (TPSA) is 96.7 Å². The van der Waals surface area contributed by atoms with Crippen LogP contribution in [-0.4, -0.2) is 58.0 Å². The largest absolute Gasteiger partial charge is 0.378 e. The first kappa shape index (κ1) is 19.1. The van der Waals surface area contributed by atoms with Gasteiger partial charge in [0.2, 0.25) is 0 Å². The lowest BCUT2D eigenvalue weighted by Gasteiger charge is -2.26. The van der Waals surface area contributed by atoms with Gasteiger partial charge < -0.3 is 9.64 Å². The maximum atomic E-state index is 13.0. The highest BCUT2D eigenvalue weighted by Gasteiger charge is 2.25. The van der Waals surface area contributed by atoms with Gasteiger partial charge in [-0.15, -0.1) is 0 Å². The van der Waals surface area contributed by atoms with E-state index in [1.807, 2.05) is 36.4 Å². The van der Waals surface area contributed by atoms with E-state index < -0.39 is 11.9 Å². The summed E-state index contributed by atoms with van der Waals surface area (Å²) in [6.45, 7) is 2.12. The van der Waals surface area contributed by atoms with Crippen molar-refractivity contribution in [3.05, 3.63) is 65.9 Å². The Morgan fingerprint density at radius 3 is 2.59 bits per heavy atom. The highest BCUT2D eigenvalue weighted by atomic mass is 16.5. The summed E-state index contributed by atoms with van der Waals surface area (Å²) in [5.74, 6) is -0.668. The smallest absolute Gasteiger partial charge is 0.268 e. The van der Waals surface area contributed by atoms with E-state index in [4.69, 9.17) is 4.74 Å². The highest BCUT2D eigenvalue weighted by Crippen LogP contribution is 2.23. The number of hydrogen-bond donors (Lipinski definition) is 2. The molecule has 8 nitrogen and oxygen atoms in total. The molecule has 0 saturated carbocycles. The quantitative estimate of drug-likeness (QED) is 0.508. The number of amides is 2. The Labute approximate surface area is 167 Å². The minimum absolute atomic E-state index is 0.102. The molecule has 1 fully saturated rings. The molecule has 0 radical (unpaired) electrons. The van der Waals surface area contributed by atoms with Crippen LogP contribution in [0.25, 0.3) is 10.9 Å². The van der Waals surface area contributed by atoms with E-state index in [1.54, 1.807) is 28.7 Å². The zero-order chi connectivity index (χ0) is 20.2. The number of hydrogen-bond acceptors (Lipinski definition) is 5. The van der Waals surface area contributed by atoms with Crippen molar-refractivity contribution >= 4 is 22.7 Å². The molecule has 150 valence electrons. The van der Waals surface area contributed by atoms with Gasteiger partial charge in [0.15, 0.2) is 0 Å². The second kappa shape index (κ2) is 8.42. The summed E-state index contributed by atoms with van der Waals surface area (Å²) < 4.78 is 6.84. The molecule has 2 N–H and O–H groups in total. The SMILES string of the molecule is O=C(NO)C(Cc1ccccc1)n1cc2cccc(C(=O)N3CCOCC3)c2n1. The Bertz CT molecular complexity index is 1010. The maximum Gasteiger partial charge on any atom is 0.268 e. The predicted molar refractivity (Wildman–Crippen MR) is 106 cm³/mol. The van der Waals surface area contributed by atoms with Crippen molar-refractivity contribution in [3.63, 3.8) is 0 Å². The molecule has 1 aromatic heterocycles. The van der Waals surface area contributed by atoms with Gasteiger partial charge in [-0.25, -0.2) is 5.48 Å². The van der Waals surface area contributed by atoms with Crippen molar-refractivity contribution in [2.45, 2.75) is 12.5 Å². The van der Waals surface area contributed by atoms with Crippen molar-refractivity contribution in [1.29, 1.82) is 0 Å². The zero-order valence-corrected chi connectivity index (χ0v) is 15.8. The molecule has 2 amide bonds. The lowest BCUT2D eigenvalue weighted by Crippen LogP contribution is -2.40. The van der Waals surface area contributed by atoms with E-state index in [1.165, 1.54) is 4.68 Å². The van der Waals surface area contributed by atoms with Gasteiger partial charge in [0.25, 0.3) is 11.8 Å². The van der Waals surface area contributed by atoms with Crippen LogP contribution in [0.1, 0.15) is 22.0 Å². The minimum atomic E-state index is -0.749. The van der Waals surface area contributed by atoms with Gasteiger partial charge in [-0.1, -0.05) is 42.5 Å². The second-order valence-electron chi connectivity index (χ2n) is 6.94. The molecule has 2 aromatic carbocycles. The number of morpholine rings is 1. The monoisotopic (exact) mass is 394 g/mol. The maximum absolute atomic E-state index is 13.0. The van der Waals surface area contributed by atoms with E-state index in [0.717, 1.165) is 10.9 Å². The van der Waals surface area contributed by atoms with Gasteiger partial charge in [0, 0.05) is 31.1 Å². The van der Waals surface area contributed by atoms with Crippen LogP contribution in [0, 0.1) is 0 Å². The highest BCUT2D eigenvalue weighted by molar-refractivity contribution is 6.05. The molecule has 0 spiro atoms. The van der Waals surface area contributed by atoms with Crippen molar-refractivity contribution < 1.29 is 19.5 Å². The third-order valence-corrected chi connectivity index (χ3v) is 5.09. The first-order chi connectivity index (χ1) is 14.2. The molecular formula is C21H22N4O4. The first-order valence-electron chi connectivity index (χ1n) is 9.50. The van der Waals surface area contributed by atoms with Gasteiger partial charge in [0.1, 0.15) is 11.6 Å². The van der Waals surface area contributed by atoms with Gasteiger partial charge in [-0.3, -0.25) is 19.5 Å². The van der Waals surface area contributed by atoms with Crippen LogP contribution in [-0.2, 0) is 16.0 Å². The van der Waals surface area contributed by atoms with Crippen LogP contribution < -0.4 is 5.48 Å².